The van der Waals surface area contributed by atoms with Crippen molar-refractivity contribution in [1.29, 1.82) is 0 Å². The Balaban J connectivity index is 1.67. The van der Waals surface area contributed by atoms with Gasteiger partial charge in [0.15, 0.2) is 11.5 Å². The van der Waals surface area contributed by atoms with Gasteiger partial charge in [0.2, 0.25) is 0 Å². The van der Waals surface area contributed by atoms with Crippen molar-refractivity contribution in [2.45, 2.75) is 13.0 Å². The number of benzene rings is 2. The number of aryl methyl sites for hydroxylation is 1. The van der Waals surface area contributed by atoms with E-state index in [9.17, 15) is 4.79 Å². The molecule has 2 aromatic carbocycles. The molecule has 0 radical (unpaired) electrons. The molecule has 1 aromatic heterocycles. The second kappa shape index (κ2) is 8.71. The molecule has 3 aromatic rings. The number of aromatic nitrogens is 1. The SMILES string of the molecule is COc1ccc(-c2cc(C(=O)NC[C@H](c3ccc(C)cc3)N(C)C)no2)cc1. The molecule has 0 saturated heterocycles. The molecule has 6 heteroatoms. The van der Waals surface area contributed by atoms with Crippen molar-refractivity contribution >= 4 is 5.91 Å². The smallest absolute Gasteiger partial charge is 0.273 e. The third-order valence-corrected chi connectivity index (χ3v) is 4.66. The minimum Gasteiger partial charge on any atom is -0.497 e. The van der Waals surface area contributed by atoms with Crippen molar-refractivity contribution in [2.24, 2.45) is 0 Å². The van der Waals surface area contributed by atoms with Crippen LogP contribution in [0.25, 0.3) is 11.3 Å². The predicted molar refractivity (Wildman–Crippen MR) is 108 cm³/mol. The van der Waals surface area contributed by atoms with Gasteiger partial charge in [0.1, 0.15) is 5.75 Å². The molecular weight excluding hydrogens is 354 g/mol. The van der Waals surface area contributed by atoms with Crippen LogP contribution in [0, 0.1) is 6.92 Å². The highest BCUT2D eigenvalue weighted by atomic mass is 16.5. The maximum absolute atomic E-state index is 12.5. The zero-order valence-electron chi connectivity index (χ0n) is 16.6. The number of ether oxygens (including phenoxy) is 1. The Bertz CT molecular complexity index is 915. The molecular formula is C22H25N3O3. The molecule has 1 N–H and O–H groups in total. The molecule has 0 unspecified atom stereocenters. The summed E-state index contributed by atoms with van der Waals surface area (Å²) in [7, 11) is 5.60. The number of carbonyl (C=O) groups excluding carboxylic acids is 1. The van der Waals surface area contributed by atoms with Gasteiger partial charge in [0.05, 0.1) is 13.2 Å². The third kappa shape index (κ3) is 4.58. The summed E-state index contributed by atoms with van der Waals surface area (Å²) in [5.41, 5.74) is 3.44. The molecule has 1 amide bonds. The number of amides is 1. The van der Waals surface area contributed by atoms with Gasteiger partial charge in [-0.3, -0.25) is 4.79 Å². The van der Waals surface area contributed by atoms with E-state index in [-0.39, 0.29) is 17.6 Å². The molecule has 28 heavy (non-hydrogen) atoms. The fourth-order valence-electron chi connectivity index (χ4n) is 2.94. The number of hydrogen-bond acceptors (Lipinski definition) is 5. The highest BCUT2D eigenvalue weighted by Crippen LogP contribution is 2.23. The minimum absolute atomic E-state index is 0.0671. The van der Waals surface area contributed by atoms with Gasteiger partial charge in [-0.2, -0.15) is 0 Å². The highest BCUT2D eigenvalue weighted by molar-refractivity contribution is 5.93. The van der Waals surface area contributed by atoms with Gasteiger partial charge < -0.3 is 19.5 Å². The van der Waals surface area contributed by atoms with Gasteiger partial charge in [-0.15, -0.1) is 0 Å². The standard InChI is InChI=1S/C22H25N3O3/c1-15-5-7-16(8-6-15)20(25(2)3)14-23-22(26)19-13-21(28-24-19)17-9-11-18(27-4)12-10-17/h5-13,20H,14H2,1-4H3,(H,23,26)/t20-/m1/s1. The van der Waals surface area contributed by atoms with Gasteiger partial charge >= 0.3 is 0 Å². The number of nitrogens with zero attached hydrogens (tertiary/aromatic N) is 2. The Labute approximate surface area is 165 Å². The Morgan fingerprint density at radius 2 is 1.82 bits per heavy atom. The van der Waals surface area contributed by atoms with Gasteiger partial charge in [0.25, 0.3) is 5.91 Å². The van der Waals surface area contributed by atoms with Crippen LogP contribution in [-0.2, 0) is 0 Å². The molecule has 0 spiro atoms. The van der Waals surface area contributed by atoms with E-state index < -0.39 is 0 Å². The maximum atomic E-state index is 12.5. The summed E-state index contributed by atoms with van der Waals surface area (Å²) in [6, 6.07) is 17.4. The lowest BCUT2D eigenvalue weighted by atomic mass is 10.0. The summed E-state index contributed by atoms with van der Waals surface area (Å²) < 4.78 is 10.5. The Morgan fingerprint density at radius 1 is 1.14 bits per heavy atom. The summed E-state index contributed by atoms with van der Waals surface area (Å²) in [4.78, 5) is 14.6. The van der Waals surface area contributed by atoms with Gasteiger partial charge in [-0.25, -0.2) is 0 Å². The fraction of sp³-hybridized carbons (Fsp3) is 0.273. The van der Waals surface area contributed by atoms with Crippen LogP contribution >= 0.6 is 0 Å². The van der Waals surface area contributed by atoms with E-state index in [0.717, 1.165) is 16.9 Å². The van der Waals surface area contributed by atoms with Crippen LogP contribution in [0.5, 0.6) is 5.75 Å². The van der Waals surface area contributed by atoms with Crippen molar-refractivity contribution < 1.29 is 14.1 Å². The highest BCUT2D eigenvalue weighted by Gasteiger charge is 2.18. The van der Waals surface area contributed by atoms with Crippen LogP contribution in [-0.4, -0.2) is 43.7 Å². The molecule has 6 nitrogen and oxygen atoms in total. The summed E-state index contributed by atoms with van der Waals surface area (Å²) in [5, 5.41) is 6.86. The quantitative estimate of drug-likeness (QED) is 0.678. The maximum Gasteiger partial charge on any atom is 0.273 e. The predicted octanol–water partition coefficient (Wildman–Crippen LogP) is 3.69. The van der Waals surface area contributed by atoms with Crippen LogP contribution in [0.15, 0.2) is 59.1 Å². The average Bonchev–Trinajstić information content (AvgIpc) is 3.19. The van der Waals surface area contributed by atoms with E-state index >= 15 is 0 Å². The largest absolute Gasteiger partial charge is 0.497 e. The van der Waals surface area contributed by atoms with Crippen LogP contribution in [0.1, 0.15) is 27.7 Å². The molecule has 0 aliphatic rings. The van der Waals surface area contributed by atoms with E-state index in [1.54, 1.807) is 13.2 Å². The van der Waals surface area contributed by atoms with Gasteiger partial charge in [-0.1, -0.05) is 35.0 Å². The molecule has 1 atom stereocenters. The molecule has 3 rings (SSSR count). The van der Waals surface area contributed by atoms with E-state index in [2.05, 4.69) is 46.6 Å². The first-order valence-electron chi connectivity index (χ1n) is 9.10. The Hall–Kier alpha value is -3.12. The minimum atomic E-state index is -0.262. The molecule has 0 fully saturated rings. The fourth-order valence-corrected chi connectivity index (χ4v) is 2.94. The molecule has 0 aliphatic heterocycles. The molecule has 146 valence electrons. The lowest BCUT2D eigenvalue weighted by molar-refractivity contribution is 0.0933. The first-order chi connectivity index (χ1) is 13.5. The van der Waals surface area contributed by atoms with Gasteiger partial charge in [0, 0.05) is 18.2 Å². The second-order valence-electron chi connectivity index (χ2n) is 6.91. The Kier molecular flexibility index (Phi) is 6.11. The lowest BCUT2D eigenvalue weighted by Gasteiger charge is -2.25. The van der Waals surface area contributed by atoms with Crippen LogP contribution in [0.2, 0.25) is 0 Å². The number of methoxy groups -OCH3 is 1. The van der Waals surface area contributed by atoms with Crippen LogP contribution in [0.3, 0.4) is 0 Å². The van der Waals surface area contributed by atoms with Crippen LogP contribution in [0.4, 0.5) is 0 Å². The molecule has 0 aliphatic carbocycles. The first-order valence-corrected chi connectivity index (χ1v) is 9.10. The van der Waals surface area contributed by atoms with Crippen molar-refractivity contribution in [3.8, 4) is 17.1 Å². The lowest BCUT2D eigenvalue weighted by Crippen LogP contribution is -2.34. The summed E-state index contributed by atoms with van der Waals surface area (Å²) >= 11 is 0. The first kappa shape index (κ1) is 19.6. The third-order valence-electron chi connectivity index (χ3n) is 4.66. The number of likely N-dealkylation sites (N-methyl/N-ethyl adjacent to an activating group) is 1. The summed E-state index contributed by atoms with van der Waals surface area (Å²) in [5.74, 6) is 1.03. The van der Waals surface area contributed by atoms with Crippen molar-refractivity contribution in [3.63, 3.8) is 0 Å². The molecule has 0 saturated carbocycles. The number of nitrogens with one attached hydrogen (secondary N) is 1. The monoisotopic (exact) mass is 379 g/mol. The zero-order valence-corrected chi connectivity index (χ0v) is 16.6. The molecule has 0 bridgehead atoms. The second-order valence-corrected chi connectivity index (χ2v) is 6.91. The summed E-state index contributed by atoms with van der Waals surface area (Å²) in [6.45, 7) is 2.53. The van der Waals surface area contributed by atoms with E-state index in [4.69, 9.17) is 9.26 Å². The van der Waals surface area contributed by atoms with E-state index in [0.29, 0.717) is 12.3 Å². The van der Waals surface area contributed by atoms with Crippen LogP contribution < -0.4 is 10.1 Å². The van der Waals surface area contributed by atoms with Crippen molar-refractivity contribution in [3.05, 3.63) is 71.4 Å². The number of hydrogen-bond donors (Lipinski definition) is 1. The normalized spacial score (nSPS) is 12.0. The Morgan fingerprint density at radius 3 is 2.43 bits per heavy atom. The number of rotatable bonds is 7. The number of carbonyl (C=O) groups is 1. The van der Waals surface area contributed by atoms with Gasteiger partial charge in [-0.05, 0) is 50.8 Å². The van der Waals surface area contributed by atoms with Crippen molar-refractivity contribution in [2.75, 3.05) is 27.7 Å². The average molecular weight is 379 g/mol. The topological polar surface area (TPSA) is 67.6 Å². The van der Waals surface area contributed by atoms with E-state index in [1.807, 2.05) is 38.4 Å². The van der Waals surface area contributed by atoms with E-state index in [1.165, 1.54) is 5.56 Å². The van der Waals surface area contributed by atoms with Crippen molar-refractivity contribution in [1.82, 2.24) is 15.4 Å². The molecule has 1 heterocycles. The summed E-state index contributed by atoms with van der Waals surface area (Å²) in [6.07, 6.45) is 0. The zero-order chi connectivity index (χ0) is 20.1.